The summed E-state index contributed by atoms with van der Waals surface area (Å²) in [4.78, 5) is 37.9. The molecule has 1 aromatic heterocycles. The van der Waals surface area contributed by atoms with E-state index in [1.165, 1.54) is 12.3 Å². The van der Waals surface area contributed by atoms with Gasteiger partial charge >= 0.3 is 0 Å². The number of nitrogens with two attached hydrogens (primary N) is 1. The summed E-state index contributed by atoms with van der Waals surface area (Å²) in [6, 6.07) is 15.9. The first-order chi connectivity index (χ1) is 16.5. The predicted octanol–water partition coefficient (Wildman–Crippen LogP) is 3.89. The quantitative estimate of drug-likeness (QED) is 0.574. The molecule has 2 N–H and O–H groups in total. The van der Waals surface area contributed by atoms with Crippen LogP contribution in [0.5, 0.6) is 0 Å². The van der Waals surface area contributed by atoms with E-state index in [0.29, 0.717) is 38.5 Å². The number of aromatic nitrogens is 2. The third-order valence-corrected chi connectivity index (χ3v) is 6.13. The summed E-state index contributed by atoms with van der Waals surface area (Å²) in [5.74, 6) is -1.04. The second-order valence-electron chi connectivity index (χ2n) is 8.40. The van der Waals surface area contributed by atoms with Gasteiger partial charge in [0.25, 0.3) is 5.91 Å². The number of hydrogen-bond acceptors (Lipinski definition) is 5. The molecule has 0 saturated carbocycles. The molecule has 0 radical (unpaired) electrons. The Bertz CT molecular complexity index is 1180. The lowest BCUT2D eigenvalue weighted by atomic mass is 9.98. The molecule has 2 amide bonds. The van der Waals surface area contributed by atoms with E-state index in [-0.39, 0.29) is 36.0 Å². The van der Waals surface area contributed by atoms with Gasteiger partial charge in [-0.15, -0.1) is 0 Å². The van der Waals surface area contributed by atoms with E-state index in [2.05, 4.69) is 9.97 Å². The van der Waals surface area contributed by atoms with E-state index in [1.54, 1.807) is 23.1 Å². The van der Waals surface area contributed by atoms with Gasteiger partial charge in [0.1, 0.15) is 5.82 Å². The van der Waals surface area contributed by atoms with Crippen molar-refractivity contribution in [3.63, 3.8) is 0 Å². The Labute approximate surface area is 199 Å². The summed E-state index contributed by atoms with van der Waals surface area (Å²) >= 11 is 0. The van der Waals surface area contributed by atoms with Crippen molar-refractivity contribution in [1.29, 1.82) is 0 Å². The van der Waals surface area contributed by atoms with Crippen molar-refractivity contribution in [2.75, 3.05) is 24.5 Å². The molecule has 2 heterocycles. The van der Waals surface area contributed by atoms with Gasteiger partial charge in [-0.05, 0) is 37.5 Å². The number of halogens is 1. The zero-order valence-corrected chi connectivity index (χ0v) is 19.2. The molecule has 0 bridgehead atoms. The van der Waals surface area contributed by atoms with Crippen molar-refractivity contribution in [2.24, 2.45) is 11.7 Å². The van der Waals surface area contributed by atoms with E-state index >= 15 is 0 Å². The fourth-order valence-electron chi connectivity index (χ4n) is 4.23. The predicted molar refractivity (Wildman–Crippen MR) is 131 cm³/mol. The van der Waals surface area contributed by atoms with Gasteiger partial charge in [0.2, 0.25) is 11.9 Å². The minimum atomic E-state index is -0.471. The Morgan fingerprint density at radius 3 is 2.62 bits per heavy atom. The van der Waals surface area contributed by atoms with Crippen LogP contribution in [0.25, 0.3) is 11.3 Å². The first kappa shape index (κ1) is 23.4. The van der Waals surface area contributed by atoms with Gasteiger partial charge in [-0.25, -0.2) is 14.4 Å². The molecule has 8 heteroatoms. The standard InChI is InChI=1S/C26H28FN5O2.H2/c1-2-31(16-18-9-4-3-5-10-18)25(34)21-15-29-26(32-14-8-11-19(17-32)24(28)33)30-23(21)20-12-6-7-13-22(20)27;/h3-7,9-10,12-13,15,19H,2,8,11,14,16-17H2,1H3,(H2,28,33);1H. The van der Waals surface area contributed by atoms with Crippen LogP contribution in [0.1, 0.15) is 37.1 Å². The average molecular weight is 464 g/mol. The van der Waals surface area contributed by atoms with Gasteiger partial charge in [0.05, 0.1) is 17.2 Å². The van der Waals surface area contributed by atoms with Crippen LogP contribution >= 0.6 is 0 Å². The third kappa shape index (κ3) is 5.06. The van der Waals surface area contributed by atoms with Gasteiger partial charge in [-0.3, -0.25) is 9.59 Å². The minimum Gasteiger partial charge on any atom is -0.369 e. The summed E-state index contributed by atoms with van der Waals surface area (Å²) in [7, 11) is 0. The SMILES string of the molecule is CCN(Cc1ccccc1)C(=O)c1cnc(N2CCCC(C(N)=O)C2)nc1-c1ccccc1F.[HH]. The van der Waals surface area contributed by atoms with Crippen LogP contribution in [-0.4, -0.2) is 46.3 Å². The van der Waals surface area contributed by atoms with Crippen LogP contribution in [0.4, 0.5) is 10.3 Å². The summed E-state index contributed by atoms with van der Waals surface area (Å²) < 4.78 is 14.8. The molecule has 1 fully saturated rings. The van der Waals surface area contributed by atoms with E-state index in [4.69, 9.17) is 5.73 Å². The third-order valence-electron chi connectivity index (χ3n) is 6.13. The molecule has 7 nitrogen and oxygen atoms in total. The van der Waals surface area contributed by atoms with Crippen molar-refractivity contribution >= 4 is 17.8 Å². The molecule has 0 spiro atoms. The van der Waals surface area contributed by atoms with Gasteiger partial charge in [-0.2, -0.15) is 0 Å². The summed E-state index contributed by atoms with van der Waals surface area (Å²) in [6.45, 7) is 3.84. The maximum atomic E-state index is 14.8. The molecule has 34 heavy (non-hydrogen) atoms. The van der Waals surface area contributed by atoms with E-state index in [0.717, 1.165) is 12.0 Å². The highest BCUT2D eigenvalue weighted by Crippen LogP contribution is 2.29. The maximum absolute atomic E-state index is 14.8. The fourth-order valence-corrected chi connectivity index (χ4v) is 4.23. The summed E-state index contributed by atoms with van der Waals surface area (Å²) in [5, 5.41) is 0. The Kier molecular flexibility index (Phi) is 7.15. The van der Waals surface area contributed by atoms with Crippen molar-refractivity contribution in [3.05, 3.63) is 77.7 Å². The van der Waals surface area contributed by atoms with Gasteiger partial charge in [0, 0.05) is 39.4 Å². The number of carbonyl (C=O) groups is 2. The summed E-state index contributed by atoms with van der Waals surface area (Å²) in [5.41, 5.74) is 7.21. The molecule has 0 aliphatic carbocycles. The highest BCUT2D eigenvalue weighted by Gasteiger charge is 2.28. The van der Waals surface area contributed by atoms with E-state index in [9.17, 15) is 14.0 Å². The Morgan fingerprint density at radius 1 is 1.18 bits per heavy atom. The van der Waals surface area contributed by atoms with Crippen LogP contribution in [0, 0.1) is 11.7 Å². The molecule has 4 rings (SSSR count). The monoisotopic (exact) mass is 463 g/mol. The maximum Gasteiger partial charge on any atom is 0.257 e. The van der Waals surface area contributed by atoms with Crippen LogP contribution < -0.4 is 10.6 Å². The number of carbonyl (C=O) groups excluding carboxylic acids is 2. The molecule has 1 saturated heterocycles. The molecule has 178 valence electrons. The molecule has 1 aliphatic rings. The number of primary amides is 1. The Balaban J connectivity index is 0.00000342. The highest BCUT2D eigenvalue weighted by atomic mass is 19.1. The lowest BCUT2D eigenvalue weighted by Crippen LogP contribution is -2.42. The Hall–Kier alpha value is -3.81. The zero-order valence-electron chi connectivity index (χ0n) is 19.2. The molecule has 3 aromatic rings. The lowest BCUT2D eigenvalue weighted by Gasteiger charge is -2.31. The molecule has 1 unspecified atom stereocenters. The van der Waals surface area contributed by atoms with Crippen LogP contribution in [0.3, 0.4) is 0 Å². The number of anilines is 1. The number of rotatable bonds is 7. The van der Waals surface area contributed by atoms with Crippen LogP contribution in [-0.2, 0) is 11.3 Å². The molecular formula is C26H30FN5O2. The normalized spacial score (nSPS) is 15.7. The smallest absolute Gasteiger partial charge is 0.257 e. The van der Waals surface area contributed by atoms with E-state index in [1.807, 2.05) is 42.2 Å². The van der Waals surface area contributed by atoms with E-state index < -0.39 is 5.82 Å². The number of hydrogen-bond donors (Lipinski definition) is 1. The van der Waals surface area contributed by atoms with Crippen molar-refractivity contribution in [2.45, 2.75) is 26.3 Å². The summed E-state index contributed by atoms with van der Waals surface area (Å²) in [6.07, 6.45) is 2.95. The van der Waals surface area contributed by atoms with Crippen LogP contribution in [0.2, 0.25) is 0 Å². The van der Waals surface area contributed by atoms with Gasteiger partial charge in [0.15, 0.2) is 0 Å². The molecular weight excluding hydrogens is 433 g/mol. The fraction of sp³-hybridized carbons (Fsp3) is 0.308. The first-order valence-corrected chi connectivity index (χ1v) is 11.5. The lowest BCUT2D eigenvalue weighted by molar-refractivity contribution is -0.122. The van der Waals surface area contributed by atoms with Crippen LogP contribution in [0.15, 0.2) is 60.8 Å². The average Bonchev–Trinajstić information content (AvgIpc) is 2.87. The highest BCUT2D eigenvalue weighted by molar-refractivity contribution is 6.00. The van der Waals surface area contributed by atoms with Crippen molar-refractivity contribution < 1.29 is 15.4 Å². The van der Waals surface area contributed by atoms with Crippen molar-refractivity contribution in [3.8, 4) is 11.3 Å². The number of nitrogens with zero attached hydrogens (tertiary/aromatic N) is 4. The number of amides is 2. The van der Waals surface area contributed by atoms with Crippen molar-refractivity contribution in [1.82, 2.24) is 14.9 Å². The molecule has 2 aromatic carbocycles. The largest absolute Gasteiger partial charge is 0.369 e. The van der Waals surface area contributed by atoms with Gasteiger partial charge in [-0.1, -0.05) is 42.5 Å². The minimum absolute atomic E-state index is 0. The van der Waals surface area contributed by atoms with Gasteiger partial charge < -0.3 is 15.5 Å². The zero-order chi connectivity index (χ0) is 24.1. The first-order valence-electron chi connectivity index (χ1n) is 11.5. The second kappa shape index (κ2) is 10.4. The number of piperidine rings is 1. The Morgan fingerprint density at radius 2 is 1.91 bits per heavy atom. The second-order valence-corrected chi connectivity index (χ2v) is 8.40. The number of benzene rings is 2. The topological polar surface area (TPSA) is 92.4 Å². The molecule has 1 atom stereocenters. The molecule has 1 aliphatic heterocycles.